The quantitative estimate of drug-likeness (QED) is 0.297. The maximum Gasteiger partial charge on any atom is 0.244 e. The summed E-state index contributed by atoms with van der Waals surface area (Å²) in [6.45, 7) is 1.37. The highest BCUT2D eigenvalue weighted by atomic mass is 35.5. The van der Waals surface area contributed by atoms with Gasteiger partial charge in [0.1, 0.15) is 12.6 Å². The van der Waals surface area contributed by atoms with Crippen LogP contribution in [0.3, 0.4) is 0 Å². The van der Waals surface area contributed by atoms with E-state index in [4.69, 9.17) is 23.2 Å². The van der Waals surface area contributed by atoms with Crippen LogP contribution in [-0.2, 0) is 32.6 Å². The Balaban J connectivity index is 1.74. The first-order chi connectivity index (χ1) is 19.5. The summed E-state index contributed by atoms with van der Waals surface area (Å²) in [5, 5.41) is 3.94. The highest BCUT2D eigenvalue weighted by molar-refractivity contribution is 7.92. The minimum atomic E-state index is -3.83. The fourth-order valence-corrected chi connectivity index (χ4v) is 6.46. The molecule has 0 bridgehead atoms. The third-order valence-electron chi connectivity index (χ3n) is 7.30. The van der Waals surface area contributed by atoms with Crippen LogP contribution in [0, 0.1) is 6.92 Å². The predicted octanol–water partition coefficient (Wildman–Crippen LogP) is 5.77. The Hall–Kier alpha value is -3.07. The van der Waals surface area contributed by atoms with Gasteiger partial charge in [-0.2, -0.15) is 0 Å². The van der Waals surface area contributed by atoms with Gasteiger partial charge in [-0.05, 0) is 60.7 Å². The number of benzene rings is 3. The molecule has 41 heavy (non-hydrogen) atoms. The third-order valence-corrected chi connectivity index (χ3v) is 9.02. The summed E-state index contributed by atoms with van der Waals surface area (Å²) < 4.78 is 26.9. The molecule has 1 aliphatic rings. The lowest BCUT2D eigenvalue weighted by molar-refractivity contribution is -0.140. The fourth-order valence-electron chi connectivity index (χ4n) is 5.15. The zero-order valence-electron chi connectivity index (χ0n) is 23.2. The van der Waals surface area contributed by atoms with Crippen LogP contribution in [0.25, 0.3) is 0 Å². The number of nitrogens with one attached hydrogen (secondary N) is 1. The average molecular weight is 617 g/mol. The number of hydrogen-bond donors (Lipinski definition) is 1. The SMILES string of the molecule is Cc1cccc(N(CC(=O)N(Cc2ccc(Cl)cc2Cl)[C@@H](Cc2ccccc2)C(=O)NC2CCCC2)S(C)(=O)=O)c1. The normalized spacial score (nSPS) is 14.4. The lowest BCUT2D eigenvalue weighted by Crippen LogP contribution is -2.54. The van der Waals surface area contributed by atoms with Gasteiger partial charge < -0.3 is 10.2 Å². The van der Waals surface area contributed by atoms with Gasteiger partial charge in [0.2, 0.25) is 21.8 Å². The molecule has 2 amide bonds. The maximum atomic E-state index is 14.2. The summed E-state index contributed by atoms with van der Waals surface area (Å²) in [6, 6.07) is 20.5. The number of amides is 2. The lowest BCUT2D eigenvalue weighted by Gasteiger charge is -2.34. The van der Waals surface area contributed by atoms with Crippen LogP contribution in [0.4, 0.5) is 5.69 Å². The van der Waals surface area contributed by atoms with Crippen LogP contribution < -0.4 is 9.62 Å². The van der Waals surface area contributed by atoms with Crippen molar-refractivity contribution in [3.05, 3.63) is 99.5 Å². The third kappa shape index (κ3) is 8.47. The Morgan fingerprint density at radius 1 is 0.976 bits per heavy atom. The van der Waals surface area contributed by atoms with E-state index in [2.05, 4.69) is 5.32 Å². The summed E-state index contributed by atoms with van der Waals surface area (Å²) in [5.41, 5.74) is 2.70. The van der Waals surface area contributed by atoms with Crippen molar-refractivity contribution in [1.29, 1.82) is 0 Å². The number of hydrogen-bond acceptors (Lipinski definition) is 4. The number of anilines is 1. The topological polar surface area (TPSA) is 86.8 Å². The zero-order chi connectivity index (χ0) is 29.6. The minimum Gasteiger partial charge on any atom is -0.352 e. The Kier molecular flexibility index (Phi) is 10.3. The molecule has 4 rings (SSSR count). The first-order valence-electron chi connectivity index (χ1n) is 13.6. The van der Waals surface area contributed by atoms with Crippen LogP contribution in [0.1, 0.15) is 42.4 Å². The largest absolute Gasteiger partial charge is 0.352 e. The predicted molar refractivity (Wildman–Crippen MR) is 165 cm³/mol. The number of nitrogens with zero attached hydrogens (tertiary/aromatic N) is 2. The van der Waals surface area contributed by atoms with Crippen molar-refractivity contribution in [3.63, 3.8) is 0 Å². The van der Waals surface area contributed by atoms with E-state index in [1.54, 1.807) is 36.4 Å². The second kappa shape index (κ2) is 13.7. The van der Waals surface area contributed by atoms with Crippen LogP contribution in [-0.4, -0.2) is 50.0 Å². The Morgan fingerprint density at radius 2 is 1.68 bits per heavy atom. The van der Waals surface area contributed by atoms with Gasteiger partial charge in [0.25, 0.3) is 0 Å². The van der Waals surface area contributed by atoms with Crippen molar-refractivity contribution in [1.82, 2.24) is 10.2 Å². The van der Waals surface area contributed by atoms with Crippen molar-refractivity contribution in [2.75, 3.05) is 17.1 Å². The van der Waals surface area contributed by atoms with E-state index < -0.39 is 28.5 Å². The van der Waals surface area contributed by atoms with E-state index in [9.17, 15) is 18.0 Å². The first-order valence-corrected chi connectivity index (χ1v) is 16.2. The Bertz CT molecular complexity index is 1480. The number of carbonyl (C=O) groups is 2. The first kappa shape index (κ1) is 30.9. The van der Waals surface area contributed by atoms with Gasteiger partial charge in [-0.15, -0.1) is 0 Å². The summed E-state index contributed by atoms with van der Waals surface area (Å²) in [5.74, 6) is -0.800. The molecule has 0 aliphatic heterocycles. The molecule has 0 aromatic heterocycles. The number of halogens is 2. The molecule has 0 radical (unpaired) electrons. The average Bonchev–Trinajstić information content (AvgIpc) is 3.43. The molecule has 0 spiro atoms. The zero-order valence-corrected chi connectivity index (χ0v) is 25.6. The lowest BCUT2D eigenvalue weighted by atomic mass is 10.0. The smallest absolute Gasteiger partial charge is 0.244 e. The number of rotatable bonds is 11. The number of aryl methyl sites for hydroxylation is 1. The number of carbonyl (C=O) groups excluding carboxylic acids is 2. The summed E-state index contributed by atoms with van der Waals surface area (Å²) >= 11 is 12.7. The number of sulfonamides is 1. The summed E-state index contributed by atoms with van der Waals surface area (Å²) in [6.07, 6.45) is 5.16. The van der Waals surface area contributed by atoms with E-state index in [1.807, 2.05) is 43.3 Å². The van der Waals surface area contributed by atoms with E-state index in [0.717, 1.165) is 47.4 Å². The van der Waals surface area contributed by atoms with Crippen LogP contribution in [0.15, 0.2) is 72.8 Å². The highest BCUT2D eigenvalue weighted by Gasteiger charge is 2.34. The van der Waals surface area contributed by atoms with Crippen molar-refractivity contribution in [2.24, 2.45) is 0 Å². The molecule has 1 fully saturated rings. The molecule has 10 heteroatoms. The van der Waals surface area contributed by atoms with Gasteiger partial charge in [0.05, 0.1) is 11.9 Å². The van der Waals surface area contributed by atoms with E-state index in [1.165, 1.54) is 4.90 Å². The second-order valence-electron chi connectivity index (χ2n) is 10.6. The van der Waals surface area contributed by atoms with Gasteiger partial charge >= 0.3 is 0 Å². The van der Waals surface area contributed by atoms with Crippen LogP contribution in [0.2, 0.25) is 10.0 Å². The molecule has 7 nitrogen and oxygen atoms in total. The van der Waals surface area contributed by atoms with Crippen molar-refractivity contribution in [3.8, 4) is 0 Å². The Morgan fingerprint density at radius 3 is 2.32 bits per heavy atom. The molecule has 0 unspecified atom stereocenters. The Labute approximate surface area is 252 Å². The molecule has 1 saturated carbocycles. The molecule has 3 aromatic carbocycles. The van der Waals surface area contributed by atoms with Gasteiger partial charge in [-0.3, -0.25) is 13.9 Å². The molecule has 0 saturated heterocycles. The molecule has 1 aliphatic carbocycles. The van der Waals surface area contributed by atoms with Crippen LogP contribution in [0.5, 0.6) is 0 Å². The molecule has 0 heterocycles. The monoisotopic (exact) mass is 615 g/mol. The maximum absolute atomic E-state index is 14.2. The molecular formula is C31H35Cl2N3O4S. The second-order valence-corrected chi connectivity index (χ2v) is 13.3. The molecule has 1 N–H and O–H groups in total. The van der Waals surface area contributed by atoms with Gasteiger partial charge in [-0.1, -0.05) is 84.6 Å². The van der Waals surface area contributed by atoms with Crippen molar-refractivity contribution in [2.45, 2.75) is 57.7 Å². The highest BCUT2D eigenvalue weighted by Crippen LogP contribution is 2.26. The molecule has 218 valence electrons. The molecular weight excluding hydrogens is 581 g/mol. The molecule has 3 aromatic rings. The van der Waals surface area contributed by atoms with E-state index in [-0.39, 0.29) is 24.9 Å². The molecule has 1 atom stereocenters. The van der Waals surface area contributed by atoms with E-state index >= 15 is 0 Å². The standard InChI is InChI=1S/C31H35Cl2N3O4S/c1-22-9-8-14-27(17-22)36(41(2,39)40)21-30(37)35(20-24-15-16-25(32)19-28(24)33)29(18-23-10-4-3-5-11-23)31(38)34-26-12-6-7-13-26/h3-5,8-11,14-17,19,26,29H,6-7,12-13,18,20-21H2,1-2H3,(H,34,38)/t29-/m0/s1. The summed E-state index contributed by atoms with van der Waals surface area (Å²) in [4.78, 5) is 29.5. The van der Waals surface area contributed by atoms with Gasteiger partial charge in [0.15, 0.2) is 0 Å². The fraction of sp³-hybridized carbons (Fsp3) is 0.355. The van der Waals surface area contributed by atoms with Crippen LogP contribution >= 0.6 is 23.2 Å². The van der Waals surface area contributed by atoms with Gasteiger partial charge in [0, 0.05) is 29.1 Å². The van der Waals surface area contributed by atoms with E-state index in [0.29, 0.717) is 21.3 Å². The van der Waals surface area contributed by atoms with Gasteiger partial charge in [-0.25, -0.2) is 8.42 Å². The summed E-state index contributed by atoms with van der Waals surface area (Å²) in [7, 11) is -3.83. The van der Waals surface area contributed by atoms with Crippen molar-refractivity contribution >= 4 is 50.7 Å². The minimum absolute atomic E-state index is 0.00413. The van der Waals surface area contributed by atoms with Crippen molar-refractivity contribution < 1.29 is 18.0 Å².